The van der Waals surface area contributed by atoms with Crippen LogP contribution in [0.5, 0.6) is 0 Å². The van der Waals surface area contributed by atoms with Crippen LogP contribution in [-0.2, 0) is 4.79 Å². The summed E-state index contributed by atoms with van der Waals surface area (Å²) in [6, 6.07) is 0.402. The van der Waals surface area contributed by atoms with E-state index in [9.17, 15) is 9.90 Å². The van der Waals surface area contributed by atoms with Crippen LogP contribution in [0.3, 0.4) is 0 Å². The van der Waals surface area contributed by atoms with Crippen molar-refractivity contribution < 1.29 is 9.90 Å². The normalized spacial score (nSPS) is 48.2. The van der Waals surface area contributed by atoms with E-state index in [0.29, 0.717) is 36.1 Å². The Morgan fingerprint density at radius 1 is 1.11 bits per heavy atom. The van der Waals surface area contributed by atoms with E-state index in [1.807, 2.05) is 7.05 Å². The molecule has 3 aliphatic carbocycles. The first-order valence-corrected chi connectivity index (χ1v) is 12.2. The van der Waals surface area contributed by atoms with E-state index in [0.717, 1.165) is 32.1 Å². The average molecular weight is 497 g/mol. The summed E-state index contributed by atoms with van der Waals surface area (Å²) in [5, 5.41) is 11.6. The van der Waals surface area contributed by atoms with Gasteiger partial charge in [0.25, 0.3) is 0 Å². The summed E-state index contributed by atoms with van der Waals surface area (Å²) in [5.74, 6) is 8.93. The number of carbonyl (C=O) groups excluding carboxylic acids is 1. The van der Waals surface area contributed by atoms with Gasteiger partial charge in [-0.1, -0.05) is 48.3 Å². The van der Waals surface area contributed by atoms with Gasteiger partial charge < -0.3 is 10.0 Å². The number of halogens is 1. The third kappa shape index (κ3) is 2.97. The van der Waals surface area contributed by atoms with Crippen LogP contribution in [0.15, 0.2) is 0 Å². The average Bonchev–Trinajstić information content (AvgIpc) is 2.88. The second-order valence-electron chi connectivity index (χ2n) is 11.1. The number of rotatable bonds is 0. The minimum Gasteiger partial charge on any atom is -0.377 e. The minimum atomic E-state index is -0.845. The molecule has 0 aromatic rings. The Morgan fingerprint density at radius 3 is 2.46 bits per heavy atom. The van der Waals surface area contributed by atoms with Crippen LogP contribution in [0, 0.1) is 40.4 Å². The van der Waals surface area contributed by atoms with Gasteiger partial charge in [0.2, 0.25) is 5.91 Å². The SMILES string of the molecule is CN1C(=O)CC[C@]2(C)[C@H]3CC[C@@]4(C)[C@@H](CC[C@@]4(O)C#CC(C)(C)I)[C@@H]3CC[C@@H]12. The van der Waals surface area contributed by atoms with Crippen LogP contribution in [0.2, 0.25) is 0 Å². The number of carbonyl (C=O) groups is 1. The number of alkyl halides is 1. The molecule has 4 aliphatic rings. The lowest BCUT2D eigenvalue weighted by Crippen LogP contribution is -2.62. The molecular weight excluding hydrogens is 461 g/mol. The van der Waals surface area contributed by atoms with Crippen molar-refractivity contribution in [2.45, 2.75) is 94.1 Å². The van der Waals surface area contributed by atoms with Gasteiger partial charge in [0, 0.05) is 24.9 Å². The molecule has 28 heavy (non-hydrogen) atoms. The Bertz CT molecular complexity index is 733. The molecule has 0 aromatic heterocycles. The Balaban J connectivity index is 1.63. The van der Waals surface area contributed by atoms with Crippen LogP contribution in [0.1, 0.15) is 79.1 Å². The third-order valence-corrected chi connectivity index (χ3v) is 9.55. The largest absolute Gasteiger partial charge is 0.377 e. The van der Waals surface area contributed by atoms with Crippen LogP contribution in [-0.4, -0.2) is 38.0 Å². The molecule has 0 bridgehead atoms. The molecule has 0 aromatic carbocycles. The van der Waals surface area contributed by atoms with Crippen LogP contribution >= 0.6 is 22.6 Å². The number of fused-ring (bicyclic) bond motifs is 5. The lowest BCUT2D eigenvalue weighted by atomic mass is 9.46. The summed E-state index contributed by atoms with van der Waals surface area (Å²) >= 11 is 2.36. The van der Waals surface area contributed by atoms with Crippen LogP contribution in [0.4, 0.5) is 0 Å². The zero-order valence-electron chi connectivity index (χ0n) is 18.1. The molecule has 4 heteroatoms. The highest BCUT2D eigenvalue weighted by atomic mass is 127. The summed E-state index contributed by atoms with van der Waals surface area (Å²) in [5.41, 5.74) is -0.700. The number of nitrogens with zero attached hydrogens (tertiary/aromatic N) is 1. The van der Waals surface area contributed by atoms with Gasteiger partial charge in [0.15, 0.2) is 0 Å². The van der Waals surface area contributed by atoms with Gasteiger partial charge >= 0.3 is 0 Å². The number of piperidine rings is 1. The van der Waals surface area contributed by atoms with Gasteiger partial charge in [-0.05, 0) is 82.0 Å². The van der Waals surface area contributed by atoms with Gasteiger partial charge in [-0.2, -0.15) is 0 Å². The molecule has 1 N–H and O–H groups in total. The Hall–Kier alpha value is -0.280. The predicted octanol–water partition coefficient (Wildman–Crippen LogP) is 4.80. The van der Waals surface area contributed by atoms with Gasteiger partial charge in [0.05, 0.1) is 3.42 Å². The molecule has 1 amide bonds. The summed E-state index contributed by atoms with van der Waals surface area (Å²) in [7, 11) is 2.02. The Labute approximate surface area is 184 Å². The molecular formula is C24H36INO2. The first-order chi connectivity index (χ1) is 12.9. The van der Waals surface area contributed by atoms with E-state index in [1.165, 1.54) is 12.8 Å². The summed E-state index contributed by atoms with van der Waals surface area (Å²) in [6.45, 7) is 9.00. The fourth-order valence-corrected chi connectivity index (χ4v) is 7.76. The Morgan fingerprint density at radius 2 is 1.79 bits per heavy atom. The fourth-order valence-electron chi connectivity index (χ4n) is 7.62. The predicted molar refractivity (Wildman–Crippen MR) is 121 cm³/mol. The molecule has 0 unspecified atom stereocenters. The van der Waals surface area contributed by atoms with Crippen molar-refractivity contribution in [3.05, 3.63) is 0 Å². The molecule has 1 heterocycles. The molecule has 1 saturated heterocycles. The van der Waals surface area contributed by atoms with Crippen molar-refractivity contribution in [1.82, 2.24) is 4.90 Å². The monoisotopic (exact) mass is 497 g/mol. The van der Waals surface area contributed by atoms with Crippen LogP contribution in [0.25, 0.3) is 0 Å². The van der Waals surface area contributed by atoms with E-state index in [2.05, 4.69) is 67.0 Å². The van der Waals surface area contributed by atoms with Crippen molar-refractivity contribution in [3.63, 3.8) is 0 Å². The molecule has 156 valence electrons. The highest BCUT2D eigenvalue weighted by Gasteiger charge is 2.65. The quantitative estimate of drug-likeness (QED) is 0.297. The maximum absolute atomic E-state index is 12.3. The number of hydrogen-bond acceptors (Lipinski definition) is 2. The molecule has 3 saturated carbocycles. The molecule has 0 spiro atoms. The number of likely N-dealkylation sites (tertiary alicyclic amines) is 1. The minimum absolute atomic E-state index is 0.0946. The summed E-state index contributed by atoms with van der Waals surface area (Å²) in [6.07, 6.45) is 8.21. The summed E-state index contributed by atoms with van der Waals surface area (Å²) < 4.78 is -0.107. The lowest BCUT2D eigenvalue weighted by molar-refractivity contribution is -0.163. The summed E-state index contributed by atoms with van der Waals surface area (Å²) in [4.78, 5) is 14.4. The van der Waals surface area contributed by atoms with Gasteiger partial charge in [-0.25, -0.2) is 0 Å². The molecule has 0 radical (unpaired) electrons. The lowest BCUT2D eigenvalue weighted by Gasteiger charge is -2.62. The first kappa shape index (κ1) is 21.0. The van der Waals surface area contributed by atoms with Crippen molar-refractivity contribution >= 4 is 28.5 Å². The maximum Gasteiger partial charge on any atom is 0.222 e. The molecule has 4 rings (SSSR count). The van der Waals surface area contributed by atoms with Crippen molar-refractivity contribution in [2.75, 3.05) is 7.05 Å². The molecule has 1 aliphatic heterocycles. The standard InChI is InChI=1S/C24H36INO2/c1-21(2,25)14-15-24(28)13-9-18-16-6-7-19-22(3,11-10-20(27)26(19)5)17(16)8-12-23(18,24)4/h16-19,28H,6-13H2,1-5H3/t16-,17+,18+,19-,22-,23+,24-/m1/s1. The van der Waals surface area contributed by atoms with Crippen LogP contribution < -0.4 is 0 Å². The second kappa shape index (κ2) is 6.61. The molecule has 3 nitrogen and oxygen atoms in total. The highest BCUT2D eigenvalue weighted by molar-refractivity contribution is 14.1. The highest BCUT2D eigenvalue weighted by Crippen LogP contribution is 2.67. The van der Waals surface area contributed by atoms with Crippen molar-refractivity contribution in [3.8, 4) is 11.8 Å². The number of aliphatic hydroxyl groups is 1. The van der Waals surface area contributed by atoms with Crippen molar-refractivity contribution in [1.29, 1.82) is 0 Å². The van der Waals surface area contributed by atoms with Crippen molar-refractivity contribution in [2.24, 2.45) is 28.6 Å². The van der Waals surface area contributed by atoms with E-state index in [-0.39, 0.29) is 14.3 Å². The van der Waals surface area contributed by atoms with E-state index in [4.69, 9.17) is 0 Å². The fraction of sp³-hybridized carbons (Fsp3) is 0.875. The second-order valence-corrected chi connectivity index (χ2v) is 13.8. The van der Waals surface area contributed by atoms with Gasteiger partial charge in [-0.15, -0.1) is 0 Å². The van der Waals surface area contributed by atoms with Gasteiger partial charge in [0.1, 0.15) is 5.60 Å². The van der Waals surface area contributed by atoms with E-state index >= 15 is 0 Å². The first-order valence-electron chi connectivity index (χ1n) is 11.1. The van der Waals surface area contributed by atoms with E-state index < -0.39 is 5.60 Å². The maximum atomic E-state index is 12.3. The smallest absolute Gasteiger partial charge is 0.222 e. The Kier molecular flexibility index (Phi) is 4.95. The molecule has 4 fully saturated rings. The third-order valence-electron chi connectivity index (χ3n) is 9.28. The molecule has 7 atom stereocenters. The van der Waals surface area contributed by atoms with Gasteiger partial charge in [-0.3, -0.25) is 4.79 Å². The zero-order chi connectivity index (χ0) is 20.5. The zero-order valence-corrected chi connectivity index (χ0v) is 20.3. The number of amides is 1. The topological polar surface area (TPSA) is 40.5 Å². The van der Waals surface area contributed by atoms with E-state index in [1.54, 1.807) is 0 Å². The number of hydrogen-bond donors (Lipinski definition) is 1.